The van der Waals surface area contributed by atoms with Gasteiger partial charge in [-0.3, -0.25) is 0 Å². The summed E-state index contributed by atoms with van der Waals surface area (Å²) in [5, 5.41) is 3.82. The minimum absolute atomic E-state index is 0.443. The van der Waals surface area contributed by atoms with Gasteiger partial charge < -0.3 is 10.1 Å². The summed E-state index contributed by atoms with van der Waals surface area (Å²) in [6, 6.07) is 9.35. The molecule has 2 nitrogen and oxygen atoms in total. The van der Waals surface area contributed by atoms with Crippen molar-refractivity contribution in [1.29, 1.82) is 0 Å². The zero-order chi connectivity index (χ0) is 14.0. The van der Waals surface area contributed by atoms with Gasteiger partial charge in [0.05, 0.1) is 6.10 Å². The quantitative estimate of drug-likeness (QED) is 0.880. The molecule has 0 aliphatic heterocycles. The summed E-state index contributed by atoms with van der Waals surface area (Å²) in [6.45, 7) is 6.18. The lowest BCUT2D eigenvalue weighted by atomic mass is 9.60. The molecule has 2 aliphatic carbocycles. The molecule has 0 heterocycles. The molecule has 2 unspecified atom stereocenters. The van der Waals surface area contributed by atoms with E-state index in [4.69, 9.17) is 4.74 Å². The van der Waals surface area contributed by atoms with E-state index in [1.807, 2.05) is 0 Å². The Morgan fingerprint density at radius 1 is 1.25 bits per heavy atom. The fourth-order valence-corrected chi connectivity index (χ4v) is 4.21. The molecule has 1 aromatic rings. The fraction of sp³-hybridized carbons (Fsp3) is 0.667. The number of ether oxygens (including phenoxy) is 1. The molecule has 3 rings (SSSR count). The standard InChI is InChI=1S/C18H27NO/c1-3-20-17-12-16(18(17)10-6-7-11-18)19-13-15-9-5-4-8-14(15)2/h4-5,8-9,16-17,19H,3,6-7,10-13H2,1-2H3. The summed E-state index contributed by atoms with van der Waals surface area (Å²) in [7, 11) is 0. The Bertz CT molecular complexity index is 450. The van der Waals surface area contributed by atoms with E-state index in [-0.39, 0.29) is 0 Å². The molecule has 0 bridgehead atoms. The van der Waals surface area contributed by atoms with Crippen LogP contribution in [0.3, 0.4) is 0 Å². The predicted molar refractivity (Wildman–Crippen MR) is 82.7 cm³/mol. The molecule has 1 N–H and O–H groups in total. The molecule has 0 amide bonds. The van der Waals surface area contributed by atoms with Crippen LogP contribution in [0.4, 0.5) is 0 Å². The average molecular weight is 273 g/mol. The summed E-state index contributed by atoms with van der Waals surface area (Å²) < 4.78 is 5.98. The molecular formula is C18H27NO. The van der Waals surface area contributed by atoms with Crippen molar-refractivity contribution in [2.24, 2.45) is 5.41 Å². The fourth-order valence-electron chi connectivity index (χ4n) is 4.21. The van der Waals surface area contributed by atoms with E-state index < -0.39 is 0 Å². The van der Waals surface area contributed by atoms with Crippen LogP contribution in [0.5, 0.6) is 0 Å². The highest BCUT2D eigenvalue weighted by molar-refractivity contribution is 5.25. The molecule has 2 aliphatic rings. The molecule has 0 saturated heterocycles. The van der Waals surface area contributed by atoms with Gasteiger partial charge in [-0.05, 0) is 44.2 Å². The van der Waals surface area contributed by atoms with Crippen LogP contribution in [0.25, 0.3) is 0 Å². The highest BCUT2D eigenvalue weighted by Gasteiger charge is 2.56. The van der Waals surface area contributed by atoms with Gasteiger partial charge in [-0.2, -0.15) is 0 Å². The highest BCUT2D eigenvalue weighted by Crippen LogP contribution is 2.54. The summed E-state index contributed by atoms with van der Waals surface area (Å²) in [4.78, 5) is 0. The first-order chi connectivity index (χ1) is 9.76. The monoisotopic (exact) mass is 273 g/mol. The van der Waals surface area contributed by atoms with Crippen molar-refractivity contribution in [3.05, 3.63) is 35.4 Å². The molecule has 2 atom stereocenters. The molecule has 20 heavy (non-hydrogen) atoms. The van der Waals surface area contributed by atoms with Gasteiger partial charge in [-0.25, -0.2) is 0 Å². The van der Waals surface area contributed by atoms with Crippen LogP contribution < -0.4 is 5.32 Å². The molecule has 1 aromatic carbocycles. The molecule has 2 heteroatoms. The van der Waals surface area contributed by atoms with Crippen molar-refractivity contribution in [2.75, 3.05) is 6.61 Å². The number of aryl methyl sites for hydroxylation is 1. The number of benzene rings is 1. The minimum Gasteiger partial charge on any atom is -0.378 e. The Labute approximate surface area is 122 Å². The van der Waals surface area contributed by atoms with Crippen molar-refractivity contribution in [3.8, 4) is 0 Å². The smallest absolute Gasteiger partial charge is 0.0661 e. The van der Waals surface area contributed by atoms with Crippen LogP contribution in [0.1, 0.15) is 50.2 Å². The van der Waals surface area contributed by atoms with E-state index in [0.29, 0.717) is 17.6 Å². The topological polar surface area (TPSA) is 21.3 Å². The van der Waals surface area contributed by atoms with Gasteiger partial charge in [0.25, 0.3) is 0 Å². The lowest BCUT2D eigenvalue weighted by Gasteiger charge is -2.54. The first-order valence-corrected chi connectivity index (χ1v) is 8.16. The van der Waals surface area contributed by atoms with Crippen LogP contribution in [0.15, 0.2) is 24.3 Å². The van der Waals surface area contributed by atoms with E-state index in [1.165, 1.54) is 43.2 Å². The van der Waals surface area contributed by atoms with E-state index in [1.54, 1.807) is 0 Å². The van der Waals surface area contributed by atoms with Crippen molar-refractivity contribution in [3.63, 3.8) is 0 Å². The van der Waals surface area contributed by atoms with Crippen LogP contribution in [0, 0.1) is 12.3 Å². The van der Waals surface area contributed by atoms with E-state index >= 15 is 0 Å². The highest BCUT2D eigenvalue weighted by atomic mass is 16.5. The number of hydrogen-bond donors (Lipinski definition) is 1. The lowest BCUT2D eigenvalue weighted by molar-refractivity contribution is -0.130. The summed E-state index contributed by atoms with van der Waals surface area (Å²) in [5.74, 6) is 0. The van der Waals surface area contributed by atoms with Crippen molar-refractivity contribution in [2.45, 2.75) is 64.6 Å². The van der Waals surface area contributed by atoms with Gasteiger partial charge in [-0.15, -0.1) is 0 Å². The molecule has 2 saturated carbocycles. The zero-order valence-corrected chi connectivity index (χ0v) is 12.8. The van der Waals surface area contributed by atoms with Gasteiger partial charge in [0.15, 0.2) is 0 Å². The Morgan fingerprint density at radius 3 is 2.70 bits per heavy atom. The first kappa shape index (κ1) is 14.1. The molecule has 0 aromatic heterocycles. The van der Waals surface area contributed by atoms with Gasteiger partial charge in [0, 0.05) is 24.6 Å². The summed E-state index contributed by atoms with van der Waals surface area (Å²) >= 11 is 0. The van der Waals surface area contributed by atoms with Gasteiger partial charge in [-0.1, -0.05) is 37.1 Å². The first-order valence-electron chi connectivity index (χ1n) is 8.16. The average Bonchev–Trinajstić information content (AvgIpc) is 2.96. The van der Waals surface area contributed by atoms with E-state index in [0.717, 1.165) is 13.2 Å². The Morgan fingerprint density at radius 2 is 2.00 bits per heavy atom. The lowest BCUT2D eigenvalue weighted by Crippen LogP contribution is -2.62. The molecule has 110 valence electrons. The van der Waals surface area contributed by atoms with E-state index in [9.17, 15) is 0 Å². The third-order valence-electron chi connectivity index (χ3n) is 5.49. The van der Waals surface area contributed by atoms with Gasteiger partial charge in [0.1, 0.15) is 0 Å². The second kappa shape index (κ2) is 5.87. The zero-order valence-electron chi connectivity index (χ0n) is 12.8. The second-order valence-corrected chi connectivity index (χ2v) is 6.48. The molecule has 1 spiro atoms. The van der Waals surface area contributed by atoms with Gasteiger partial charge >= 0.3 is 0 Å². The Hall–Kier alpha value is -0.860. The Kier molecular flexibility index (Phi) is 4.13. The maximum absolute atomic E-state index is 5.98. The third-order valence-corrected chi connectivity index (χ3v) is 5.49. The second-order valence-electron chi connectivity index (χ2n) is 6.48. The van der Waals surface area contributed by atoms with E-state index in [2.05, 4.69) is 43.4 Å². The van der Waals surface area contributed by atoms with Crippen LogP contribution in [0.2, 0.25) is 0 Å². The minimum atomic E-state index is 0.443. The SMILES string of the molecule is CCOC1CC(NCc2ccccc2C)C12CCCC2. The largest absolute Gasteiger partial charge is 0.378 e. The third kappa shape index (κ3) is 2.40. The number of nitrogens with one attached hydrogen (secondary N) is 1. The molecular weight excluding hydrogens is 246 g/mol. The van der Waals surface area contributed by atoms with Crippen molar-refractivity contribution >= 4 is 0 Å². The van der Waals surface area contributed by atoms with Crippen LogP contribution >= 0.6 is 0 Å². The van der Waals surface area contributed by atoms with Crippen LogP contribution in [-0.4, -0.2) is 18.8 Å². The maximum Gasteiger partial charge on any atom is 0.0661 e. The predicted octanol–water partition coefficient (Wildman–Crippen LogP) is 3.82. The Balaban J connectivity index is 1.62. The molecule has 2 fully saturated rings. The number of hydrogen-bond acceptors (Lipinski definition) is 2. The number of rotatable bonds is 5. The summed E-state index contributed by atoms with van der Waals surface area (Å²) in [6.07, 6.45) is 7.16. The normalized spacial score (nSPS) is 27.7. The van der Waals surface area contributed by atoms with Crippen LogP contribution in [-0.2, 0) is 11.3 Å². The van der Waals surface area contributed by atoms with Crippen molar-refractivity contribution < 1.29 is 4.74 Å². The maximum atomic E-state index is 5.98. The van der Waals surface area contributed by atoms with Gasteiger partial charge in [0.2, 0.25) is 0 Å². The molecule has 0 radical (unpaired) electrons. The summed E-state index contributed by atoms with van der Waals surface area (Å²) in [5.41, 5.74) is 3.26. The van der Waals surface area contributed by atoms with Crippen molar-refractivity contribution in [1.82, 2.24) is 5.32 Å².